The molecule has 21 heavy (non-hydrogen) atoms. The number of methoxy groups -OCH3 is 1. The van der Waals surface area contributed by atoms with Crippen LogP contribution in [0, 0.1) is 18.3 Å². The van der Waals surface area contributed by atoms with E-state index in [1.54, 1.807) is 30.3 Å². The molecule has 1 N–H and O–H groups in total. The second-order valence-corrected chi connectivity index (χ2v) is 4.36. The van der Waals surface area contributed by atoms with Gasteiger partial charge in [-0.2, -0.15) is 5.26 Å². The number of carbonyl (C=O) groups is 1. The highest BCUT2D eigenvalue weighted by Gasteiger charge is 2.18. The van der Waals surface area contributed by atoms with Crippen molar-refractivity contribution < 1.29 is 19.4 Å². The summed E-state index contributed by atoms with van der Waals surface area (Å²) in [5, 5.41) is 18.4. The van der Waals surface area contributed by atoms with Gasteiger partial charge in [0.05, 0.1) is 12.7 Å². The molecule has 0 saturated heterocycles. The van der Waals surface area contributed by atoms with Crippen LogP contribution in [0.25, 0.3) is 0 Å². The summed E-state index contributed by atoms with van der Waals surface area (Å²) in [5.41, 5.74) is 1.19. The molecule has 0 bridgehead atoms. The maximum absolute atomic E-state index is 11.3. The zero-order valence-corrected chi connectivity index (χ0v) is 11.6. The molecule has 0 aliphatic rings. The van der Waals surface area contributed by atoms with Crippen LogP contribution in [0.5, 0.6) is 17.2 Å². The number of benzene rings is 2. The van der Waals surface area contributed by atoms with Crippen molar-refractivity contribution in [3.8, 4) is 23.3 Å². The van der Waals surface area contributed by atoms with Crippen LogP contribution in [0.3, 0.4) is 0 Å². The number of nitriles is 1. The van der Waals surface area contributed by atoms with Crippen LogP contribution in [-0.2, 0) is 0 Å². The number of carboxylic acid groups (broad SMARTS) is 1. The summed E-state index contributed by atoms with van der Waals surface area (Å²) < 4.78 is 10.8. The van der Waals surface area contributed by atoms with E-state index < -0.39 is 5.97 Å². The van der Waals surface area contributed by atoms with Crippen molar-refractivity contribution >= 4 is 5.97 Å². The number of hydrogen-bond donors (Lipinski definition) is 1. The molecule has 0 saturated carbocycles. The minimum Gasteiger partial charge on any atom is -0.493 e. The van der Waals surface area contributed by atoms with E-state index in [0.717, 1.165) is 5.56 Å². The first-order valence-corrected chi connectivity index (χ1v) is 6.15. The van der Waals surface area contributed by atoms with Crippen molar-refractivity contribution in [3.63, 3.8) is 0 Å². The van der Waals surface area contributed by atoms with Crippen molar-refractivity contribution in [2.45, 2.75) is 6.92 Å². The van der Waals surface area contributed by atoms with E-state index in [1.807, 2.05) is 13.0 Å². The average Bonchev–Trinajstić information content (AvgIpc) is 2.47. The van der Waals surface area contributed by atoms with Crippen LogP contribution in [0.2, 0.25) is 0 Å². The predicted molar refractivity (Wildman–Crippen MR) is 75.9 cm³/mol. The number of aryl methyl sites for hydroxylation is 1. The van der Waals surface area contributed by atoms with Crippen molar-refractivity contribution in [2.75, 3.05) is 7.11 Å². The highest BCUT2D eigenvalue weighted by Crippen LogP contribution is 2.36. The Morgan fingerprint density at radius 1 is 1.24 bits per heavy atom. The van der Waals surface area contributed by atoms with Gasteiger partial charge in [-0.25, -0.2) is 4.79 Å². The standard InChI is InChI=1S/C16H13NO4/c1-10-6-7-11(9-17)14(8-10)21-15-12(16(18)19)4-3-5-13(15)20-2/h3-8H,1-2H3,(H,18,19). The minimum absolute atomic E-state index is 0.0280. The third-order valence-corrected chi connectivity index (χ3v) is 2.90. The summed E-state index contributed by atoms with van der Waals surface area (Å²) in [6, 6.07) is 11.7. The number of para-hydroxylation sites is 1. The summed E-state index contributed by atoms with van der Waals surface area (Å²) in [5.74, 6) is -0.463. The van der Waals surface area contributed by atoms with Gasteiger partial charge in [-0.15, -0.1) is 0 Å². The first kappa shape index (κ1) is 14.4. The van der Waals surface area contributed by atoms with Crippen LogP contribution >= 0.6 is 0 Å². The van der Waals surface area contributed by atoms with Crippen LogP contribution < -0.4 is 9.47 Å². The van der Waals surface area contributed by atoms with Gasteiger partial charge in [-0.05, 0) is 36.8 Å². The Hall–Kier alpha value is -3.00. The van der Waals surface area contributed by atoms with Gasteiger partial charge in [0.15, 0.2) is 11.5 Å². The van der Waals surface area contributed by atoms with Crippen LogP contribution in [0.15, 0.2) is 36.4 Å². The van der Waals surface area contributed by atoms with E-state index in [1.165, 1.54) is 13.2 Å². The molecule has 0 aromatic heterocycles. The molecule has 0 atom stereocenters. The first-order valence-electron chi connectivity index (χ1n) is 6.15. The SMILES string of the molecule is COc1cccc(C(=O)O)c1Oc1cc(C)ccc1C#N. The Bertz CT molecular complexity index is 732. The lowest BCUT2D eigenvalue weighted by atomic mass is 10.1. The average molecular weight is 283 g/mol. The van der Waals surface area contributed by atoms with E-state index in [2.05, 4.69) is 0 Å². The van der Waals surface area contributed by atoms with Gasteiger partial charge in [-0.3, -0.25) is 0 Å². The lowest BCUT2D eigenvalue weighted by Crippen LogP contribution is -2.02. The van der Waals surface area contributed by atoms with Crippen LogP contribution in [0.4, 0.5) is 0 Å². The Morgan fingerprint density at radius 3 is 2.62 bits per heavy atom. The zero-order valence-electron chi connectivity index (χ0n) is 11.6. The maximum atomic E-state index is 11.3. The summed E-state index contributed by atoms with van der Waals surface area (Å²) >= 11 is 0. The molecule has 0 unspecified atom stereocenters. The first-order chi connectivity index (χ1) is 10.1. The van der Waals surface area contributed by atoms with Crippen molar-refractivity contribution in [2.24, 2.45) is 0 Å². The van der Waals surface area contributed by atoms with Gasteiger partial charge in [-0.1, -0.05) is 12.1 Å². The van der Waals surface area contributed by atoms with Crippen molar-refractivity contribution in [1.29, 1.82) is 5.26 Å². The fourth-order valence-electron chi connectivity index (χ4n) is 1.87. The Kier molecular flexibility index (Phi) is 4.10. The highest BCUT2D eigenvalue weighted by molar-refractivity contribution is 5.92. The third kappa shape index (κ3) is 2.95. The van der Waals surface area contributed by atoms with E-state index in [4.69, 9.17) is 14.7 Å². The summed E-state index contributed by atoms with van der Waals surface area (Å²) in [6.45, 7) is 1.86. The van der Waals surface area contributed by atoms with E-state index in [9.17, 15) is 9.90 Å². The highest BCUT2D eigenvalue weighted by atomic mass is 16.5. The fourth-order valence-corrected chi connectivity index (χ4v) is 1.87. The van der Waals surface area contributed by atoms with E-state index in [0.29, 0.717) is 17.1 Å². The van der Waals surface area contributed by atoms with Gasteiger partial charge >= 0.3 is 5.97 Å². The van der Waals surface area contributed by atoms with Crippen LogP contribution in [0.1, 0.15) is 21.5 Å². The van der Waals surface area contributed by atoms with Gasteiger partial charge in [0.2, 0.25) is 0 Å². The molecular formula is C16H13NO4. The fraction of sp³-hybridized carbons (Fsp3) is 0.125. The van der Waals surface area contributed by atoms with Gasteiger partial charge in [0, 0.05) is 0 Å². The van der Waals surface area contributed by atoms with Crippen LogP contribution in [-0.4, -0.2) is 18.2 Å². The second kappa shape index (κ2) is 5.97. The van der Waals surface area contributed by atoms with Crippen molar-refractivity contribution in [3.05, 3.63) is 53.1 Å². The molecule has 5 nitrogen and oxygen atoms in total. The molecule has 0 heterocycles. The molecule has 2 aromatic rings. The number of aromatic carboxylic acids is 1. The normalized spacial score (nSPS) is 9.76. The molecular weight excluding hydrogens is 270 g/mol. The smallest absolute Gasteiger partial charge is 0.339 e. The van der Waals surface area contributed by atoms with E-state index >= 15 is 0 Å². The molecule has 0 spiro atoms. The lowest BCUT2D eigenvalue weighted by Gasteiger charge is -2.14. The summed E-state index contributed by atoms with van der Waals surface area (Å²) in [4.78, 5) is 11.3. The number of hydrogen-bond acceptors (Lipinski definition) is 4. The number of rotatable bonds is 4. The summed E-state index contributed by atoms with van der Waals surface area (Å²) in [7, 11) is 1.43. The Morgan fingerprint density at radius 2 is 2.00 bits per heavy atom. The Balaban J connectivity index is 2.56. The molecule has 0 aliphatic carbocycles. The number of nitrogens with zero attached hydrogens (tertiary/aromatic N) is 1. The Labute approximate surface area is 122 Å². The largest absolute Gasteiger partial charge is 0.493 e. The molecule has 106 valence electrons. The van der Waals surface area contributed by atoms with Gasteiger partial charge in [0.25, 0.3) is 0 Å². The number of ether oxygens (including phenoxy) is 2. The molecule has 0 aliphatic heterocycles. The minimum atomic E-state index is -1.13. The second-order valence-electron chi connectivity index (χ2n) is 4.36. The molecule has 0 radical (unpaired) electrons. The number of carboxylic acids is 1. The quantitative estimate of drug-likeness (QED) is 0.930. The van der Waals surface area contributed by atoms with E-state index in [-0.39, 0.29) is 11.3 Å². The van der Waals surface area contributed by atoms with Crippen molar-refractivity contribution in [1.82, 2.24) is 0 Å². The topological polar surface area (TPSA) is 79.6 Å². The predicted octanol–water partition coefficient (Wildman–Crippen LogP) is 3.37. The van der Waals surface area contributed by atoms with Gasteiger partial charge in [0.1, 0.15) is 17.4 Å². The molecule has 0 amide bonds. The monoisotopic (exact) mass is 283 g/mol. The summed E-state index contributed by atoms with van der Waals surface area (Å²) in [6.07, 6.45) is 0. The zero-order chi connectivity index (χ0) is 15.4. The maximum Gasteiger partial charge on any atom is 0.339 e. The third-order valence-electron chi connectivity index (χ3n) is 2.90. The molecule has 0 fully saturated rings. The molecule has 2 aromatic carbocycles. The lowest BCUT2D eigenvalue weighted by molar-refractivity contribution is 0.0693. The van der Waals surface area contributed by atoms with Gasteiger partial charge < -0.3 is 14.6 Å². The molecule has 2 rings (SSSR count). The molecule has 5 heteroatoms.